The van der Waals surface area contributed by atoms with Crippen LogP contribution in [0, 0.1) is 0 Å². The van der Waals surface area contributed by atoms with Gasteiger partial charge in [-0.1, -0.05) is 35.3 Å². The highest BCUT2D eigenvalue weighted by Gasteiger charge is 2.18. The second-order valence-electron chi connectivity index (χ2n) is 4.72. The minimum absolute atomic E-state index is 0.248. The van der Waals surface area contributed by atoms with Crippen LogP contribution in [0.2, 0.25) is 9.49 Å². The number of thiazole rings is 1. The summed E-state index contributed by atoms with van der Waals surface area (Å²) < 4.78 is 11.3. The SMILES string of the molecule is Clc1cccc(-c2sc(Cl)nc2-c2ccc3c(c2)OCO3)c1. The highest BCUT2D eigenvalue weighted by atomic mass is 35.5. The molecule has 0 radical (unpaired) electrons. The van der Waals surface area contributed by atoms with E-state index < -0.39 is 0 Å². The fourth-order valence-electron chi connectivity index (χ4n) is 2.36. The van der Waals surface area contributed by atoms with Crippen molar-refractivity contribution < 1.29 is 9.47 Å². The van der Waals surface area contributed by atoms with E-state index in [1.165, 1.54) is 11.3 Å². The Balaban J connectivity index is 1.86. The third-order valence-corrected chi connectivity index (χ3v) is 4.78. The van der Waals surface area contributed by atoms with Gasteiger partial charge in [0.15, 0.2) is 16.0 Å². The Morgan fingerprint density at radius 2 is 1.82 bits per heavy atom. The van der Waals surface area contributed by atoms with Gasteiger partial charge in [0.25, 0.3) is 0 Å². The maximum atomic E-state index is 6.14. The summed E-state index contributed by atoms with van der Waals surface area (Å²) in [5.41, 5.74) is 2.74. The lowest BCUT2D eigenvalue weighted by atomic mass is 10.1. The van der Waals surface area contributed by atoms with Gasteiger partial charge in [-0.3, -0.25) is 0 Å². The zero-order valence-electron chi connectivity index (χ0n) is 11.2. The van der Waals surface area contributed by atoms with E-state index in [4.69, 9.17) is 32.7 Å². The van der Waals surface area contributed by atoms with Crippen molar-refractivity contribution in [1.82, 2.24) is 4.98 Å². The van der Waals surface area contributed by atoms with Gasteiger partial charge in [-0.25, -0.2) is 4.98 Å². The molecule has 0 aliphatic carbocycles. The fraction of sp³-hybridized carbons (Fsp3) is 0.0625. The minimum Gasteiger partial charge on any atom is -0.454 e. The zero-order valence-corrected chi connectivity index (χ0v) is 13.5. The molecule has 0 saturated heterocycles. The topological polar surface area (TPSA) is 31.4 Å². The van der Waals surface area contributed by atoms with Crippen LogP contribution in [0.4, 0.5) is 0 Å². The molecule has 2 aromatic carbocycles. The third-order valence-electron chi connectivity index (χ3n) is 3.33. The van der Waals surface area contributed by atoms with Crippen molar-refractivity contribution in [2.24, 2.45) is 0 Å². The molecule has 0 N–H and O–H groups in total. The number of halogens is 2. The van der Waals surface area contributed by atoms with E-state index >= 15 is 0 Å². The molecule has 1 aromatic heterocycles. The van der Waals surface area contributed by atoms with Crippen molar-refractivity contribution >= 4 is 34.5 Å². The van der Waals surface area contributed by atoms with Crippen LogP contribution >= 0.6 is 34.5 Å². The number of aromatic nitrogens is 1. The van der Waals surface area contributed by atoms with E-state index in [-0.39, 0.29) is 6.79 Å². The molecule has 2 heterocycles. The summed E-state index contributed by atoms with van der Waals surface area (Å²) in [6, 6.07) is 13.4. The second kappa shape index (κ2) is 5.47. The molecule has 0 atom stereocenters. The monoisotopic (exact) mass is 349 g/mol. The number of benzene rings is 2. The lowest BCUT2D eigenvalue weighted by molar-refractivity contribution is 0.174. The molecule has 22 heavy (non-hydrogen) atoms. The van der Waals surface area contributed by atoms with Crippen LogP contribution in [0.1, 0.15) is 0 Å². The smallest absolute Gasteiger partial charge is 0.231 e. The summed E-state index contributed by atoms with van der Waals surface area (Å²) in [6.45, 7) is 0.248. The van der Waals surface area contributed by atoms with Crippen LogP contribution in [0.25, 0.3) is 21.7 Å². The van der Waals surface area contributed by atoms with Crippen LogP contribution in [0.5, 0.6) is 11.5 Å². The van der Waals surface area contributed by atoms with Crippen LogP contribution in [-0.2, 0) is 0 Å². The molecule has 3 nitrogen and oxygen atoms in total. The minimum atomic E-state index is 0.248. The van der Waals surface area contributed by atoms with Gasteiger partial charge >= 0.3 is 0 Å². The lowest BCUT2D eigenvalue weighted by Gasteiger charge is -2.04. The first-order valence-corrected chi connectivity index (χ1v) is 8.10. The Kier molecular flexibility index (Phi) is 3.45. The van der Waals surface area contributed by atoms with E-state index in [2.05, 4.69) is 4.98 Å². The van der Waals surface area contributed by atoms with Crippen LogP contribution in [-0.4, -0.2) is 11.8 Å². The van der Waals surface area contributed by atoms with E-state index in [9.17, 15) is 0 Å². The molecule has 0 bridgehead atoms. The quantitative estimate of drug-likeness (QED) is 0.610. The molecule has 110 valence electrons. The Hall–Kier alpha value is -1.75. The Labute approximate surface area is 141 Å². The molecule has 0 amide bonds. The van der Waals surface area contributed by atoms with Crippen molar-refractivity contribution in [2.75, 3.05) is 6.79 Å². The van der Waals surface area contributed by atoms with E-state index in [1.807, 2.05) is 42.5 Å². The van der Waals surface area contributed by atoms with Gasteiger partial charge in [0.05, 0.1) is 10.6 Å². The largest absolute Gasteiger partial charge is 0.454 e. The predicted octanol–water partition coefficient (Wildman–Crippen LogP) is 5.51. The first-order valence-electron chi connectivity index (χ1n) is 6.53. The first kappa shape index (κ1) is 13.9. The van der Waals surface area contributed by atoms with Crippen LogP contribution < -0.4 is 9.47 Å². The second-order valence-corrected chi connectivity index (χ2v) is 6.74. The van der Waals surface area contributed by atoms with Gasteiger partial charge in [0.2, 0.25) is 6.79 Å². The summed E-state index contributed by atoms with van der Waals surface area (Å²) in [6.07, 6.45) is 0. The molecule has 0 saturated carbocycles. The lowest BCUT2D eigenvalue weighted by Crippen LogP contribution is -1.92. The maximum Gasteiger partial charge on any atom is 0.231 e. The highest BCUT2D eigenvalue weighted by molar-refractivity contribution is 7.19. The summed E-state index contributed by atoms with van der Waals surface area (Å²) in [7, 11) is 0. The number of nitrogens with zero attached hydrogens (tertiary/aromatic N) is 1. The molecular formula is C16H9Cl2NO2S. The molecule has 6 heteroatoms. The van der Waals surface area contributed by atoms with E-state index in [0.717, 1.165) is 33.2 Å². The molecule has 4 rings (SSSR count). The third kappa shape index (κ3) is 2.43. The van der Waals surface area contributed by atoms with Crippen molar-refractivity contribution in [3.05, 3.63) is 52.0 Å². The maximum absolute atomic E-state index is 6.14. The number of hydrogen-bond acceptors (Lipinski definition) is 4. The van der Waals surface area contributed by atoms with Crippen molar-refractivity contribution in [2.45, 2.75) is 0 Å². The highest BCUT2D eigenvalue weighted by Crippen LogP contribution is 2.42. The molecule has 0 spiro atoms. The Morgan fingerprint density at radius 3 is 2.68 bits per heavy atom. The molecule has 1 aliphatic rings. The number of rotatable bonds is 2. The van der Waals surface area contributed by atoms with Gasteiger partial charge in [-0.2, -0.15) is 0 Å². The van der Waals surface area contributed by atoms with E-state index in [0.29, 0.717) is 9.49 Å². The summed E-state index contributed by atoms with van der Waals surface area (Å²) in [4.78, 5) is 5.44. The summed E-state index contributed by atoms with van der Waals surface area (Å²) in [5, 5.41) is 0.679. The van der Waals surface area contributed by atoms with Crippen molar-refractivity contribution in [1.29, 1.82) is 0 Å². The zero-order chi connectivity index (χ0) is 15.1. The predicted molar refractivity (Wildman–Crippen MR) is 89.1 cm³/mol. The van der Waals surface area contributed by atoms with Gasteiger partial charge in [0, 0.05) is 10.6 Å². The standard InChI is InChI=1S/C16H9Cl2NO2S/c17-11-3-1-2-10(6-11)15-14(19-16(18)22-15)9-4-5-12-13(7-9)21-8-20-12/h1-7H,8H2. The van der Waals surface area contributed by atoms with Crippen LogP contribution in [0.3, 0.4) is 0 Å². The Bertz CT molecular complexity index is 863. The average Bonchev–Trinajstić information content (AvgIpc) is 3.12. The molecule has 1 aliphatic heterocycles. The first-order chi connectivity index (χ1) is 10.7. The number of hydrogen-bond donors (Lipinski definition) is 0. The molecule has 3 aromatic rings. The van der Waals surface area contributed by atoms with Gasteiger partial charge in [0.1, 0.15) is 0 Å². The summed E-state index contributed by atoms with van der Waals surface area (Å²) in [5.74, 6) is 1.47. The van der Waals surface area contributed by atoms with Gasteiger partial charge < -0.3 is 9.47 Å². The van der Waals surface area contributed by atoms with Crippen molar-refractivity contribution in [3.63, 3.8) is 0 Å². The fourth-order valence-corrected chi connectivity index (χ4v) is 3.68. The van der Waals surface area contributed by atoms with Gasteiger partial charge in [-0.05, 0) is 35.9 Å². The summed E-state index contributed by atoms with van der Waals surface area (Å²) >= 11 is 13.7. The van der Waals surface area contributed by atoms with Crippen LogP contribution in [0.15, 0.2) is 42.5 Å². The van der Waals surface area contributed by atoms with Gasteiger partial charge in [-0.15, -0.1) is 11.3 Å². The van der Waals surface area contributed by atoms with Crippen molar-refractivity contribution in [3.8, 4) is 33.2 Å². The molecule has 0 unspecified atom stereocenters. The number of fused-ring (bicyclic) bond motifs is 1. The molecular weight excluding hydrogens is 341 g/mol. The average molecular weight is 350 g/mol. The Morgan fingerprint density at radius 1 is 0.955 bits per heavy atom. The number of ether oxygens (including phenoxy) is 2. The normalized spacial score (nSPS) is 12.6. The molecule has 0 fully saturated rings. The van der Waals surface area contributed by atoms with E-state index in [1.54, 1.807) is 0 Å².